The molecule has 2 aliphatic rings. The van der Waals surface area contributed by atoms with Gasteiger partial charge in [-0.2, -0.15) is 9.47 Å². The zero-order valence-corrected chi connectivity index (χ0v) is 12.7. The first-order valence-corrected chi connectivity index (χ1v) is 8.10. The van der Waals surface area contributed by atoms with Crippen molar-refractivity contribution in [1.29, 1.82) is 0 Å². The average molecular weight is 289 g/mol. The van der Waals surface area contributed by atoms with Crippen molar-refractivity contribution in [3.8, 4) is 0 Å². The second-order valence-corrected chi connectivity index (χ2v) is 6.96. The number of aromatic amines is 1. The van der Waals surface area contributed by atoms with Gasteiger partial charge in [0.2, 0.25) is 0 Å². The van der Waals surface area contributed by atoms with Crippen molar-refractivity contribution >= 4 is 11.5 Å². The van der Waals surface area contributed by atoms with Crippen LogP contribution in [-0.4, -0.2) is 30.5 Å². The second kappa shape index (κ2) is 4.63. The molecule has 2 bridgehead atoms. The molecular formula is C14H19N5S. The van der Waals surface area contributed by atoms with Crippen LogP contribution in [0.25, 0.3) is 0 Å². The number of H-pyrrole nitrogens is 1. The van der Waals surface area contributed by atoms with Crippen LogP contribution in [0, 0.1) is 0 Å². The maximum absolute atomic E-state index is 4.69. The molecule has 4 rings (SSSR count). The quantitative estimate of drug-likeness (QED) is 0.943. The average Bonchev–Trinajstić information content (AvgIpc) is 3.11. The number of rotatable bonds is 3. The molecule has 0 amide bonds. The van der Waals surface area contributed by atoms with Crippen LogP contribution in [0.5, 0.6) is 0 Å². The van der Waals surface area contributed by atoms with Gasteiger partial charge in [-0.25, -0.2) is 4.98 Å². The van der Waals surface area contributed by atoms with E-state index in [1.54, 1.807) is 11.5 Å². The van der Waals surface area contributed by atoms with Crippen LogP contribution in [0.4, 0.5) is 0 Å². The standard InChI is InChI=1S/C14H19N5S/c1-8(2)14-16-13(20-18-14)7-19-9-3-4-12(19)10-6-15-17-11(10)5-9/h6,8-9,12H,3-5,7H2,1-2H3,(H,15,17). The van der Waals surface area contributed by atoms with Gasteiger partial charge in [0.25, 0.3) is 0 Å². The highest BCUT2D eigenvalue weighted by Gasteiger charge is 2.41. The lowest BCUT2D eigenvalue weighted by Gasteiger charge is -2.33. The first-order valence-electron chi connectivity index (χ1n) is 7.32. The highest BCUT2D eigenvalue weighted by Crippen LogP contribution is 2.43. The van der Waals surface area contributed by atoms with Crippen molar-refractivity contribution in [2.75, 3.05) is 0 Å². The van der Waals surface area contributed by atoms with Crippen LogP contribution >= 0.6 is 11.5 Å². The van der Waals surface area contributed by atoms with Crippen molar-refractivity contribution < 1.29 is 0 Å². The normalized spacial score (nSPS) is 25.4. The molecule has 0 radical (unpaired) electrons. The van der Waals surface area contributed by atoms with Gasteiger partial charge >= 0.3 is 0 Å². The Balaban J connectivity index is 1.58. The fourth-order valence-electron chi connectivity index (χ4n) is 3.46. The van der Waals surface area contributed by atoms with Crippen molar-refractivity contribution in [3.63, 3.8) is 0 Å². The Hall–Kier alpha value is -1.27. The topological polar surface area (TPSA) is 57.7 Å². The Labute approximate surface area is 122 Å². The van der Waals surface area contributed by atoms with E-state index >= 15 is 0 Å². The molecule has 1 saturated heterocycles. The third kappa shape index (κ3) is 1.90. The number of hydrogen-bond donors (Lipinski definition) is 1. The Morgan fingerprint density at radius 3 is 3.15 bits per heavy atom. The van der Waals surface area contributed by atoms with Crippen molar-refractivity contribution in [2.45, 2.75) is 57.7 Å². The highest BCUT2D eigenvalue weighted by molar-refractivity contribution is 7.05. The van der Waals surface area contributed by atoms with Crippen LogP contribution in [0.15, 0.2) is 6.20 Å². The van der Waals surface area contributed by atoms with Crippen LogP contribution in [0.1, 0.15) is 60.7 Å². The third-order valence-electron chi connectivity index (χ3n) is 4.51. The highest BCUT2D eigenvalue weighted by atomic mass is 32.1. The molecule has 1 N–H and O–H groups in total. The summed E-state index contributed by atoms with van der Waals surface area (Å²) in [7, 11) is 0. The second-order valence-electron chi connectivity index (χ2n) is 6.13. The molecule has 4 heterocycles. The van der Waals surface area contributed by atoms with Gasteiger partial charge in [0, 0.05) is 35.7 Å². The molecule has 20 heavy (non-hydrogen) atoms. The molecule has 2 aromatic heterocycles. The summed E-state index contributed by atoms with van der Waals surface area (Å²) in [4.78, 5) is 7.29. The van der Waals surface area contributed by atoms with E-state index in [0.29, 0.717) is 18.0 Å². The van der Waals surface area contributed by atoms with Gasteiger partial charge in [-0.05, 0) is 24.4 Å². The molecule has 2 unspecified atom stereocenters. The lowest BCUT2D eigenvalue weighted by molar-refractivity contribution is 0.167. The summed E-state index contributed by atoms with van der Waals surface area (Å²) in [5, 5.41) is 8.52. The van der Waals surface area contributed by atoms with E-state index in [1.165, 1.54) is 24.1 Å². The minimum atomic E-state index is 0.415. The van der Waals surface area contributed by atoms with Crippen molar-refractivity contribution in [3.05, 3.63) is 28.3 Å². The molecule has 6 heteroatoms. The lowest BCUT2D eigenvalue weighted by atomic mass is 10.0. The van der Waals surface area contributed by atoms with Crippen LogP contribution in [0.3, 0.4) is 0 Å². The SMILES string of the molecule is CC(C)c1nsc(CN2C3CCC2c2cn[nH]c2C3)n1. The summed E-state index contributed by atoms with van der Waals surface area (Å²) in [5.41, 5.74) is 2.74. The smallest absolute Gasteiger partial charge is 0.145 e. The van der Waals surface area contributed by atoms with Crippen LogP contribution in [-0.2, 0) is 13.0 Å². The van der Waals surface area contributed by atoms with E-state index in [1.807, 2.05) is 6.20 Å². The van der Waals surface area contributed by atoms with E-state index in [2.05, 4.69) is 38.3 Å². The predicted molar refractivity (Wildman–Crippen MR) is 77.6 cm³/mol. The largest absolute Gasteiger partial charge is 0.286 e. The number of aromatic nitrogens is 4. The lowest BCUT2D eigenvalue weighted by Crippen LogP contribution is -2.36. The third-order valence-corrected chi connectivity index (χ3v) is 5.22. The molecule has 5 nitrogen and oxygen atoms in total. The van der Waals surface area contributed by atoms with E-state index in [4.69, 9.17) is 0 Å². The first kappa shape index (κ1) is 12.5. The molecule has 2 aromatic rings. The zero-order valence-electron chi connectivity index (χ0n) is 11.8. The Morgan fingerprint density at radius 2 is 2.35 bits per heavy atom. The summed E-state index contributed by atoms with van der Waals surface area (Å²) >= 11 is 1.56. The number of fused-ring (bicyclic) bond motifs is 4. The molecule has 0 saturated carbocycles. The Morgan fingerprint density at radius 1 is 1.45 bits per heavy atom. The maximum Gasteiger partial charge on any atom is 0.145 e. The van der Waals surface area contributed by atoms with Gasteiger partial charge in [0.05, 0.1) is 12.7 Å². The van der Waals surface area contributed by atoms with Crippen LogP contribution in [0.2, 0.25) is 0 Å². The van der Waals surface area contributed by atoms with Gasteiger partial charge in [0.1, 0.15) is 10.8 Å². The Kier molecular flexibility index (Phi) is 2.89. The summed E-state index contributed by atoms with van der Waals surface area (Å²) in [5.74, 6) is 1.40. The molecule has 0 spiro atoms. The van der Waals surface area contributed by atoms with Gasteiger partial charge in [-0.15, -0.1) is 0 Å². The maximum atomic E-state index is 4.69. The van der Waals surface area contributed by atoms with Crippen molar-refractivity contribution in [2.24, 2.45) is 0 Å². The number of nitrogens with one attached hydrogen (secondary N) is 1. The molecule has 0 aliphatic carbocycles. The molecule has 2 atom stereocenters. The Bertz CT molecular complexity index is 617. The summed E-state index contributed by atoms with van der Waals surface area (Å²) in [6.07, 6.45) is 5.63. The van der Waals surface area contributed by atoms with E-state index < -0.39 is 0 Å². The molecule has 1 fully saturated rings. The minimum Gasteiger partial charge on any atom is -0.286 e. The molecule has 106 valence electrons. The molecular weight excluding hydrogens is 270 g/mol. The summed E-state index contributed by atoms with van der Waals surface area (Å²) in [6, 6.07) is 1.16. The predicted octanol–water partition coefficient (Wildman–Crippen LogP) is 2.65. The van der Waals surface area contributed by atoms with Gasteiger partial charge in [0.15, 0.2) is 0 Å². The first-order chi connectivity index (χ1) is 9.72. The number of nitrogens with zero attached hydrogens (tertiary/aromatic N) is 4. The summed E-state index contributed by atoms with van der Waals surface area (Å²) < 4.78 is 4.47. The monoisotopic (exact) mass is 289 g/mol. The van der Waals surface area contributed by atoms with E-state index in [9.17, 15) is 0 Å². The zero-order chi connectivity index (χ0) is 13.7. The fraction of sp³-hybridized carbons (Fsp3) is 0.643. The van der Waals surface area contributed by atoms with Gasteiger partial charge < -0.3 is 0 Å². The van der Waals surface area contributed by atoms with E-state index in [-0.39, 0.29) is 0 Å². The van der Waals surface area contributed by atoms with Crippen LogP contribution < -0.4 is 0 Å². The minimum absolute atomic E-state index is 0.415. The van der Waals surface area contributed by atoms with E-state index in [0.717, 1.165) is 23.8 Å². The van der Waals surface area contributed by atoms with Gasteiger partial charge in [-0.3, -0.25) is 10.00 Å². The summed E-state index contributed by atoms with van der Waals surface area (Å²) in [6.45, 7) is 5.23. The van der Waals surface area contributed by atoms with Crippen molar-refractivity contribution in [1.82, 2.24) is 24.5 Å². The number of hydrogen-bond acceptors (Lipinski definition) is 5. The molecule has 0 aromatic carbocycles. The molecule has 2 aliphatic heterocycles. The van der Waals surface area contributed by atoms with Gasteiger partial charge in [-0.1, -0.05) is 13.8 Å². The fourth-order valence-corrected chi connectivity index (χ4v) is 4.25.